The molecule has 0 saturated heterocycles. The molecule has 0 aliphatic carbocycles. The van der Waals surface area contributed by atoms with Gasteiger partial charge in [0.1, 0.15) is 11.8 Å². The summed E-state index contributed by atoms with van der Waals surface area (Å²) in [5.74, 6) is 0.507. The lowest BCUT2D eigenvalue weighted by Crippen LogP contribution is -2.09. The molecule has 0 spiro atoms. The zero-order valence-electron chi connectivity index (χ0n) is 9.66. The van der Waals surface area contributed by atoms with Gasteiger partial charge in [0, 0.05) is 25.5 Å². The van der Waals surface area contributed by atoms with Crippen LogP contribution < -0.4 is 5.32 Å². The van der Waals surface area contributed by atoms with Crippen molar-refractivity contribution in [2.24, 2.45) is 0 Å². The number of aryl methyl sites for hydroxylation is 1. The first-order valence-electron chi connectivity index (χ1n) is 5.33. The third kappa shape index (κ3) is 4.24. The second kappa shape index (κ2) is 6.75. The van der Waals surface area contributed by atoms with E-state index in [2.05, 4.69) is 15.3 Å². The van der Waals surface area contributed by atoms with E-state index in [1.807, 2.05) is 19.9 Å². The maximum Gasteiger partial charge on any atom is 0.224 e. The summed E-state index contributed by atoms with van der Waals surface area (Å²) in [5.41, 5.74) is 1.18. The molecule has 5 heteroatoms. The summed E-state index contributed by atoms with van der Waals surface area (Å²) in [7, 11) is 0. The number of aromatic nitrogens is 2. The third-order valence-electron chi connectivity index (χ3n) is 1.92. The molecule has 1 rings (SSSR count). The number of nitrogens with one attached hydrogen (secondary N) is 1. The number of hydrogen-bond donors (Lipinski definition) is 1. The van der Waals surface area contributed by atoms with E-state index in [1.165, 1.54) is 0 Å². The highest BCUT2D eigenvalue weighted by atomic mass is 16.5. The topological polar surface area (TPSA) is 70.8 Å². The van der Waals surface area contributed by atoms with Gasteiger partial charge in [-0.3, -0.25) is 0 Å². The third-order valence-corrected chi connectivity index (χ3v) is 1.92. The van der Waals surface area contributed by atoms with Gasteiger partial charge in [-0.1, -0.05) is 0 Å². The van der Waals surface area contributed by atoms with Crippen LogP contribution in [0.25, 0.3) is 0 Å². The Morgan fingerprint density at radius 2 is 2.31 bits per heavy atom. The van der Waals surface area contributed by atoms with Gasteiger partial charge in [-0.05, 0) is 26.3 Å². The molecular formula is C11H16N4O. The molecule has 86 valence electrons. The Labute approximate surface area is 95.5 Å². The van der Waals surface area contributed by atoms with E-state index in [0.717, 1.165) is 31.9 Å². The monoisotopic (exact) mass is 220 g/mol. The number of hydrogen-bond acceptors (Lipinski definition) is 5. The van der Waals surface area contributed by atoms with E-state index < -0.39 is 0 Å². The molecule has 0 amide bonds. The van der Waals surface area contributed by atoms with Crippen molar-refractivity contribution in [3.63, 3.8) is 0 Å². The number of nitrogens with zero attached hydrogens (tertiary/aromatic N) is 3. The highest BCUT2D eigenvalue weighted by Crippen LogP contribution is 2.03. The molecule has 0 atom stereocenters. The lowest BCUT2D eigenvalue weighted by molar-refractivity contribution is 0.147. The minimum Gasteiger partial charge on any atom is -0.382 e. The van der Waals surface area contributed by atoms with Crippen LogP contribution in [0.15, 0.2) is 6.07 Å². The molecule has 0 aromatic carbocycles. The van der Waals surface area contributed by atoms with E-state index in [1.54, 1.807) is 6.07 Å². The molecule has 1 aromatic rings. The van der Waals surface area contributed by atoms with Crippen molar-refractivity contribution in [3.05, 3.63) is 17.5 Å². The van der Waals surface area contributed by atoms with Crippen LogP contribution in [0.3, 0.4) is 0 Å². The van der Waals surface area contributed by atoms with Gasteiger partial charge in [0.05, 0.1) is 0 Å². The first-order valence-corrected chi connectivity index (χ1v) is 5.33. The molecule has 16 heavy (non-hydrogen) atoms. The zero-order valence-corrected chi connectivity index (χ0v) is 9.66. The van der Waals surface area contributed by atoms with Gasteiger partial charge in [0.15, 0.2) is 0 Å². The number of nitriles is 1. The van der Waals surface area contributed by atoms with Crippen molar-refractivity contribution in [3.8, 4) is 6.07 Å². The van der Waals surface area contributed by atoms with Crippen LogP contribution in [-0.2, 0) is 4.74 Å². The predicted molar refractivity (Wildman–Crippen MR) is 61.1 cm³/mol. The average molecular weight is 220 g/mol. The molecule has 1 N–H and O–H groups in total. The Hall–Kier alpha value is -1.67. The summed E-state index contributed by atoms with van der Waals surface area (Å²) in [6.45, 7) is 6.01. The van der Waals surface area contributed by atoms with Gasteiger partial charge in [-0.2, -0.15) is 5.26 Å². The Bertz CT molecular complexity index is 373. The fraction of sp³-hybridized carbons (Fsp3) is 0.545. The van der Waals surface area contributed by atoms with Gasteiger partial charge in [-0.25, -0.2) is 9.97 Å². The zero-order chi connectivity index (χ0) is 11.8. The van der Waals surface area contributed by atoms with E-state index in [-0.39, 0.29) is 0 Å². The number of rotatable bonds is 6. The molecule has 0 radical (unpaired) electrons. The first kappa shape index (κ1) is 12.4. The highest BCUT2D eigenvalue weighted by Gasteiger charge is 2.00. The quantitative estimate of drug-likeness (QED) is 0.735. The lowest BCUT2D eigenvalue weighted by atomic mass is 10.3. The summed E-state index contributed by atoms with van der Waals surface area (Å²) >= 11 is 0. The van der Waals surface area contributed by atoms with Crippen LogP contribution in [-0.4, -0.2) is 29.7 Å². The summed E-state index contributed by atoms with van der Waals surface area (Å²) in [6, 6.07) is 3.66. The van der Waals surface area contributed by atoms with Crippen LogP contribution in [0.2, 0.25) is 0 Å². The van der Waals surface area contributed by atoms with Gasteiger partial charge in [0.25, 0.3) is 0 Å². The predicted octanol–water partition coefficient (Wildman–Crippen LogP) is 1.50. The second-order valence-electron chi connectivity index (χ2n) is 3.31. The lowest BCUT2D eigenvalue weighted by Gasteiger charge is -2.05. The van der Waals surface area contributed by atoms with Gasteiger partial charge in [0.2, 0.25) is 5.95 Å². The van der Waals surface area contributed by atoms with Crippen molar-refractivity contribution in [2.75, 3.05) is 25.1 Å². The summed E-state index contributed by atoms with van der Waals surface area (Å²) in [6.07, 6.45) is 0.896. The second-order valence-corrected chi connectivity index (χ2v) is 3.31. The Morgan fingerprint density at radius 1 is 1.50 bits per heavy atom. The first-order chi connectivity index (χ1) is 7.76. The maximum absolute atomic E-state index is 8.74. The van der Waals surface area contributed by atoms with Crippen LogP contribution in [0, 0.1) is 18.3 Å². The Balaban J connectivity index is 2.42. The van der Waals surface area contributed by atoms with Gasteiger partial charge in [-0.15, -0.1) is 0 Å². The summed E-state index contributed by atoms with van der Waals surface area (Å²) < 4.78 is 5.21. The van der Waals surface area contributed by atoms with Crippen molar-refractivity contribution in [1.29, 1.82) is 5.26 Å². The molecule has 0 bridgehead atoms. The molecule has 0 aliphatic heterocycles. The molecule has 0 fully saturated rings. The standard InChI is InChI=1S/C11H16N4O/c1-3-16-6-4-5-13-11-14-9(2)7-10(8-12)15-11/h7H,3-6H2,1-2H3,(H,13,14,15). The van der Waals surface area contributed by atoms with Gasteiger partial charge >= 0.3 is 0 Å². The maximum atomic E-state index is 8.74. The fourth-order valence-corrected chi connectivity index (χ4v) is 1.22. The van der Waals surface area contributed by atoms with E-state index in [0.29, 0.717) is 11.6 Å². The Morgan fingerprint density at radius 3 is 3.00 bits per heavy atom. The number of anilines is 1. The van der Waals surface area contributed by atoms with Crippen molar-refractivity contribution < 1.29 is 4.74 Å². The molecular weight excluding hydrogens is 204 g/mol. The smallest absolute Gasteiger partial charge is 0.224 e. The molecule has 1 heterocycles. The summed E-state index contributed by atoms with van der Waals surface area (Å²) in [5, 5.41) is 11.8. The van der Waals surface area contributed by atoms with Gasteiger partial charge < -0.3 is 10.1 Å². The van der Waals surface area contributed by atoms with Crippen molar-refractivity contribution in [1.82, 2.24) is 9.97 Å². The molecule has 0 aliphatic rings. The van der Waals surface area contributed by atoms with Crippen LogP contribution in [0.5, 0.6) is 0 Å². The fourth-order valence-electron chi connectivity index (χ4n) is 1.22. The van der Waals surface area contributed by atoms with E-state index in [4.69, 9.17) is 10.00 Å². The number of ether oxygens (including phenoxy) is 1. The minimum absolute atomic E-state index is 0.389. The van der Waals surface area contributed by atoms with Crippen LogP contribution >= 0.6 is 0 Å². The molecule has 5 nitrogen and oxygen atoms in total. The molecule has 0 unspecified atom stereocenters. The van der Waals surface area contributed by atoms with E-state index in [9.17, 15) is 0 Å². The minimum atomic E-state index is 0.389. The normalized spacial score (nSPS) is 9.81. The van der Waals surface area contributed by atoms with Crippen LogP contribution in [0.4, 0.5) is 5.95 Å². The molecule has 1 aromatic heterocycles. The average Bonchev–Trinajstić information content (AvgIpc) is 2.28. The van der Waals surface area contributed by atoms with Crippen molar-refractivity contribution >= 4 is 5.95 Å². The van der Waals surface area contributed by atoms with Crippen molar-refractivity contribution in [2.45, 2.75) is 20.3 Å². The SMILES string of the molecule is CCOCCCNc1nc(C)cc(C#N)n1. The van der Waals surface area contributed by atoms with E-state index >= 15 is 0 Å². The highest BCUT2D eigenvalue weighted by molar-refractivity contribution is 5.32. The Kier molecular flexibility index (Phi) is 5.23. The van der Waals surface area contributed by atoms with Crippen LogP contribution in [0.1, 0.15) is 24.7 Å². The summed E-state index contributed by atoms with van der Waals surface area (Å²) in [4.78, 5) is 8.23. The largest absolute Gasteiger partial charge is 0.382 e. The molecule has 0 saturated carbocycles.